The van der Waals surface area contributed by atoms with E-state index in [0.29, 0.717) is 29.2 Å². The van der Waals surface area contributed by atoms with E-state index in [0.717, 1.165) is 5.76 Å². The molecule has 28 heavy (non-hydrogen) atoms. The summed E-state index contributed by atoms with van der Waals surface area (Å²) >= 11 is 0. The van der Waals surface area contributed by atoms with Crippen molar-refractivity contribution in [3.05, 3.63) is 78.3 Å². The highest BCUT2D eigenvalue weighted by atomic mass is 16.5. The molecule has 0 atom stereocenters. The van der Waals surface area contributed by atoms with Crippen molar-refractivity contribution in [1.29, 1.82) is 0 Å². The molecule has 1 aromatic heterocycles. The summed E-state index contributed by atoms with van der Waals surface area (Å²) < 4.78 is 15.5. The lowest BCUT2D eigenvalue weighted by atomic mass is 10.2. The van der Waals surface area contributed by atoms with E-state index in [9.17, 15) is 9.59 Å². The van der Waals surface area contributed by atoms with Crippen molar-refractivity contribution in [3.8, 4) is 5.75 Å². The number of furan rings is 1. The van der Waals surface area contributed by atoms with Gasteiger partial charge >= 0.3 is 5.97 Å². The van der Waals surface area contributed by atoms with Gasteiger partial charge in [0, 0.05) is 17.4 Å². The molecule has 0 aliphatic heterocycles. The molecule has 0 fully saturated rings. The van der Waals surface area contributed by atoms with Gasteiger partial charge in [-0.1, -0.05) is 18.2 Å². The second kappa shape index (κ2) is 9.27. The summed E-state index contributed by atoms with van der Waals surface area (Å²) in [6.07, 6.45) is 1.58. The number of hydrogen-bond donors (Lipinski definition) is 2. The van der Waals surface area contributed by atoms with E-state index in [1.165, 1.54) is 0 Å². The molecule has 3 rings (SSSR count). The number of esters is 1. The molecule has 1 amide bonds. The van der Waals surface area contributed by atoms with Crippen molar-refractivity contribution in [1.82, 2.24) is 0 Å². The van der Waals surface area contributed by atoms with Crippen LogP contribution in [0.25, 0.3) is 0 Å². The number of rotatable bonds is 8. The number of benzene rings is 2. The Kier molecular flexibility index (Phi) is 6.30. The lowest BCUT2D eigenvalue weighted by molar-refractivity contribution is -0.119. The zero-order valence-corrected chi connectivity index (χ0v) is 15.3. The Morgan fingerprint density at radius 1 is 1.04 bits per heavy atom. The van der Waals surface area contributed by atoms with Gasteiger partial charge in [-0.15, -0.1) is 0 Å². The van der Waals surface area contributed by atoms with E-state index in [-0.39, 0.29) is 0 Å². The predicted octanol–water partition coefficient (Wildman–Crippen LogP) is 3.70. The Morgan fingerprint density at radius 3 is 2.68 bits per heavy atom. The largest absolute Gasteiger partial charge is 0.497 e. The average Bonchev–Trinajstić information content (AvgIpc) is 3.24. The Bertz CT molecular complexity index is 937. The molecule has 2 N–H and O–H groups in total. The van der Waals surface area contributed by atoms with Crippen molar-refractivity contribution in [3.63, 3.8) is 0 Å². The summed E-state index contributed by atoms with van der Waals surface area (Å²) in [6.45, 7) is 0.0240. The van der Waals surface area contributed by atoms with Crippen LogP contribution >= 0.6 is 0 Å². The van der Waals surface area contributed by atoms with Gasteiger partial charge < -0.3 is 24.5 Å². The monoisotopic (exact) mass is 380 g/mol. The molecule has 7 heteroatoms. The number of anilines is 2. The van der Waals surface area contributed by atoms with Gasteiger partial charge in [-0.05, 0) is 36.4 Å². The number of methoxy groups -OCH3 is 1. The first-order valence-corrected chi connectivity index (χ1v) is 8.62. The van der Waals surface area contributed by atoms with Crippen LogP contribution in [-0.4, -0.2) is 25.6 Å². The summed E-state index contributed by atoms with van der Waals surface area (Å²) in [6, 6.07) is 17.5. The summed E-state index contributed by atoms with van der Waals surface area (Å²) in [7, 11) is 1.54. The third-order valence-electron chi connectivity index (χ3n) is 3.87. The topological polar surface area (TPSA) is 89.8 Å². The molecule has 0 saturated heterocycles. The molecule has 2 aromatic carbocycles. The smallest absolute Gasteiger partial charge is 0.340 e. The molecule has 0 saturated carbocycles. The minimum Gasteiger partial charge on any atom is -0.497 e. The van der Waals surface area contributed by atoms with Crippen LogP contribution in [0.3, 0.4) is 0 Å². The maximum absolute atomic E-state index is 12.4. The van der Waals surface area contributed by atoms with Crippen LogP contribution < -0.4 is 15.4 Å². The van der Waals surface area contributed by atoms with Crippen LogP contribution in [0, 0.1) is 0 Å². The molecule has 0 spiro atoms. The minimum atomic E-state index is -0.594. The second-order valence-electron chi connectivity index (χ2n) is 5.83. The van der Waals surface area contributed by atoms with Crippen molar-refractivity contribution in [2.45, 2.75) is 6.54 Å². The number of hydrogen-bond acceptors (Lipinski definition) is 6. The van der Waals surface area contributed by atoms with Crippen molar-refractivity contribution in [2.75, 3.05) is 24.4 Å². The highest BCUT2D eigenvalue weighted by Crippen LogP contribution is 2.18. The molecule has 0 aliphatic rings. The van der Waals surface area contributed by atoms with Crippen LogP contribution in [0.1, 0.15) is 16.1 Å². The van der Waals surface area contributed by atoms with Gasteiger partial charge in [-0.3, -0.25) is 4.79 Å². The van der Waals surface area contributed by atoms with Gasteiger partial charge in [0.15, 0.2) is 6.61 Å². The molecule has 7 nitrogen and oxygen atoms in total. The zero-order valence-electron chi connectivity index (χ0n) is 15.3. The van der Waals surface area contributed by atoms with Crippen molar-refractivity contribution < 1.29 is 23.5 Å². The van der Waals surface area contributed by atoms with E-state index in [1.54, 1.807) is 68.0 Å². The Hall–Kier alpha value is -3.74. The lowest BCUT2D eigenvalue weighted by Gasteiger charge is -2.11. The molecule has 0 unspecified atom stereocenters. The maximum atomic E-state index is 12.4. The standard InChI is InChI=1S/C21H20N2O5/c1-26-16-7-4-6-15(12-16)23-20(24)14-28-21(25)18-9-2-3-10-19(18)22-13-17-8-5-11-27-17/h2-12,22H,13-14H2,1H3,(H,23,24). The van der Waals surface area contributed by atoms with Crippen molar-refractivity contribution in [2.24, 2.45) is 0 Å². The molecular formula is C21H20N2O5. The lowest BCUT2D eigenvalue weighted by Crippen LogP contribution is -2.21. The van der Waals surface area contributed by atoms with E-state index in [1.807, 2.05) is 6.07 Å². The van der Waals surface area contributed by atoms with Gasteiger partial charge in [0.05, 0.1) is 25.5 Å². The van der Waals surface area contributed by atoms with Crippen LogP contribution in [0.4, 0.5) is 11.4 Å². The van der Waals surface area contributed by atoms with Crippen LogP contribution in [0.5, 0.6) is 5.75 Å². The fourth-order valence-electron chi connectivity index (χ4n) is 2.52. The van der Waals surface area contributed by atoms with Gasteiger partial charge in [-0.2, -0.15) is 0 Å². The third kappa shape index (κ3) is 5.14. The molecule has 0 aliphatic carbocycles. The zero-order chi connectivity index (χ0) is 19.8. The number of ether oxygens (including phenoxy) is 2. The van der Waals surface area contributed by atoms with E-state index < -0.39 is 18.5 Å². The third-order valence-corrected chi connectivity index (χ3v) is 3.87. The Morgan fingerprint density at radius 2 is 1.89 bits per heavy atom. The fraction of sp³-hybridized carbons (Fsp3) is 0.143. The van der Waals surface area contributed by atoms with Gasteiger partial charge in [0.1, 0.15) is 11.5 Å². The number of para-hydroxylation sites is 1. The normalized spacial score (nSPS) is 10.2. The Labute approximate surface area is 162 Å². The van der Waals surface area contributed by atoms with Crippen LogP contribution in [0.2, 0.25) is 0 Å². The highest BCUT2D eigenvalue weighted by Gasteiger charge is 2.14. The van der Waals surface area contributed by atoms with E-state index in [4.69, 9.17) is 13.9 Å². The predicted molar refractivity (Wildman–Crippen MR) is 104 cm³/mol. The fourth-order valence-corrected chi connectivity index (χ4v) is 2.52. The van der Waals surface area contributed by atoms with Gasteiger partial charge in [-0.25, -0.2) is 4.79 Å². The Balaban J connectivity index is 1.56. The molecule has 1 heterocycles. The van der Waals surface area contributed by atoms with Gasteiger partial charge in [0.2, 0.25) is 0 Å². The molecule has 144 valence electrons. The summed E-state index contributed by atoms with van der Waals surface area (Å²) in [4.78, 5) is 24.5. The minimum absolute atomic E-state index is 0.336. The van der Waals surface area contributed by atoms with Crippen LogP contribution in [-0.2, 0) is 16.1 Å². The number of carbonyl (C=O) groups is 2. The van der Waals surface area contributed by atoms with E-state index in [2.05, 4.69) is 10.6 Å². The molecule has 0 bridgehead atoms. The maximum Gasteiger partial charge on any atom is 0.340 e. The first-order valence-electron chi connectivity index (χ1n) is 8.62. The van der Waals surface area contributed by atoms with Crippen molar-refractivity contribution >= 4 is 23.3 Å². The average molecular weight is 380 g/mol. The SMILES string of the molecule is COc1cccc(NC(=O)COC(=O)c2ccccc2NCc2ccco2)c1. The molecule has 3 aromatic rings. The number of amides is 1. The van der Waals surface area contributed by atoms with Gasteiger partial charge in [0.25, 0.3) is 5.91 Å². The number of nitrogens with one attached hydrogen (secondary N) is 2. The summed E-state index contributed by atoms with van der Waals surface area (Å²) in [5, 5.41) is 5.79. The first-order chi connectivity index (χ1) is 13.7. The van der Waals surface area contributed by atoms with E-state index >= 15 is 0 Å². The summed E-state index contributed by atoms with van der Waals surface area (Å²) in [5.41, 5.74) is 1.49. The molecular weight excluding hydrogens is 360 g/mol. The van der Waals surface area contributed by atoms with Crippen LogP contribution in [0.15, 0.2) is 71.3 Å². The number of carbonyl (C=O) groups excluding carboxylic acids is 2. The highest BCUT2D eigenvalue weighted by molar-refractivity contribution is 5.98. The summed E-state index contributed by atoms with van der Waals surface area (Å²) in [5.74, 6) is 0.318. The molecule has 0 radical (unpaired) electrons. The second-order valence-corrected chi connectivity index (χ2v) is 5.83. The first kappa shape index (κ1) is 19.0. The quantitative estimate of drug-likeness (QED) is 0.579.